The van der Waals surface area contributed by atoms with Crippen LogP contribution in [0.25, 0.3) is 0 Å². The van der Waals surface area contributed by atoms with Gasteiger partial charge in [-0.25, -0.2) is 0 Å². The summed E-state index contributed by atoms with van der Waals surface area (Å²) in [5, 5.41) is 2.96. The molecule has 1 heterocycles. The molecule has 0 unspecified atom stereocenters. The standard InChI is InChI=1S/C21H25N3O2/c1-15-4-8-19(9-5-15)24-14-17(12-20(24)25)21(26)22-13-16-6-10-18(11-7-16)23(2)3/h4-11,17H,12-14H2,1-3H3,(H,22,26)/t17-/m0/s1. The molecule has 2 aromatic rings. The zero-order valence-corrected chi connectivity index (χ0v) is 15.5. The molecule has 1 aliphatic heterocycles. The number of aryl methyl sites for hydroxylation is 1. The molecule has 3 rings (SSSR count). The first-order valence-electron chi connectivity index (χ1n) is 8.85. The van der Waals surface area contributed by atoms with Crippen LogP contribution >= 0.6 is 0 Å². The van der Waals surface area contributed by atoms with Crippen molar-refractivity contribution in [2.45, 2.75) is 19.9 Å². The molecule has 0 radical (unpaired) electrons. The smallest absolute Gasteiger partial charge is 0.227 e. The average molecular weight is 351 g/mol. The molecule has 0 aliphatic carbocycles. The number of anilines is 2. The van der Waals surface area contributed by atoms with Crippen LogP contribution in [-0.2, 0) is 16.1 Å². The molecule has 0 bridgehead atoms. The fourth-order valence-corrected chi connectivity index (χ4v) is 3.10. The van der Waals surface area contributed by atoms with E-state index in [0.717, 1.165) is 22.5 Å². The first-order chi connectivity index (χ1) is 12.4. The Morgan fingerprint density at radius 1 is 1.12 bits per heavy atom. The van der Waals surface area contributed by atoms with Crippen LogP contribution in [0.4, 0.5) is 11.4 Å². The van der Waals surface area contributed by atoms with Gasteiger partial charge in [-0.05, 0) is 36.8 Å². The summed E-state index contributed by atoms with van der Waals surface area (Å²) in [5.41, 5.74) is 4.17. The molecule has 5 nitrogen and oxygen atoms in total. The molecular formula is C21H25N3O2. The summed E-state index contributed by atoms with van der Waals surface area (Å²) >= 11 is 0. The highest BCUT2D eigenvalue weighted by atomic mass is 16.2. The Labute approximate surface area is 154 Å². The lowest BCUT2D eigenvalue weighted by Crippen LogP contribution is -2.32. The van der Waals surface area contributed by atoms with Crippen LogP contribution in [0.2, 0.25) is 0 Å². The number of amides is 2. The number of benzene rings is 2. The van der Waals surface area contributed by atoms with Gasteiger partial charge < -0.3 is 15.1 Å². The van der Waals surface area contributed by atoms with Gasteiger partial charge in [0, 0.05) is 45.0 Å². The third kappa shape index (κ3) is 4.04. The van der Waals surface area contributed by atoms with E-state index < -0.39 is 0 Å². The quantitative estimate of drug-likeness (QED) is 0.901. The van der Waals surface area contributed by atoms with Crippen LogP contribution in [0.5, 0.6) is 0 Å². The Morgan fingerprint density at radius 2 is 1.77 bits per heavy atom. The van der Waals surface area contributed by atoms with E-state index >= 15 is 0 Å². The normalized spacial score (nSPS) is 16.7. The van der Waals surface area contributed by atoms with E-state index in [1.165, 1.54) is 0 Å². The highest BCUT2D eigenvalue weighted by molar-refractivity contribution is 6.00. The SMILES string of the molecule is Cc1ccc(N2C[C@@H](C(=O)NCc3ccc(N(C)C)cc3)CC2=O)cc1. The van der Waals surface area contributed by atoms with Crippen molar-refractivity contribution in [3.63, 3.8) is 0 Å². The average Bonchev–Trinajstić information content (AvgIpc) is 3.02. The molecule has 1 aliphatic rings. The van der Waals surface area contributed by atoms with Crippen molar-refractivity contribution in [1.82, 2.24) is 5.32 Å². The first-order valence-corrected chi connectivity index (χ1v) is 8.85. The maximum Gasteiger partial charge on any atom is 0.227 e. The number of hydrogen-bond acceptors (Lipinski definition) is 3. The molecule has 1 saturated heterocycles. The Kier molecular flexibility index (Phi) is 5.26. The Balaban J connectivity index is 1.57. The number of carbonyl (C=O) groups is 2. The third-order valence-corrected chi connectivity index (χ3v) is 4.76. The van der Waals surface area contributed by atoms with Gasteiger partial charge in [-0.15, -0.1) is 0 Å². The minimum absolute atomic E-state index is 0.00402. The summed E-state index contributed by atoms with van der Waals surface area (Å²) in [6, 6.07) is 15.9. The van der Waals surface area contributed by atoms with Crippen LogP contribution in [0, 0.1) is 12.8 Å². The Morgan fingerprint density at radius 3 is 2.38 bits per heavy atom. The minimum Gasteiger partial charge on any atom is -0.378 e. The van der Waals surface area contributed by atoms with Gasteiger partial charge in [-0.1, -0.05) is 29.8 Å². The highest BCUT2D eigenvalue weighted by Gasteiger charge is 2.34. The molecule has 2 amide bonds. The number of nitrogens with one attached hydrogen (secondary N) is 1. The lowest BCUT2D eigenvalue weighted by molar-refractivity contribution is -0.126. The fourth-order valence-electron chi connectivity index (χ4n) is 3.10. The largest absolute Gasteiger partial charge is 0.378 e. The van der Waals surface area contributed by atoms with Gasteiger partial charge in [-0.2, -0.15) is 0 Å². The van der Waals surface area contributed by atoms with Crippen LogP contribution in [0.3, 0.4) is 0 Å². The van der Waals surface area contributed by atoms with E-state index in [1.807, 2.05) is 74.4 Å². The summed E-state index contributed by atoms with van der Waals surface area (Å²) in [4.78, 5) is 28.5. The van der Waals surface area contributed by atoms with Crippen LogP contribution in [0.15, 0.2) is 48.5 Å². The molecule has 0 spiro atoms. The molecule has 2 aromatic carbocycles. The third-order valence-electron chi connectivity index (χ3n) is 4.76. The molecule has 0 aromatic heterocycles. The van der Waals surface area contributed by atoms with Crippen molar-refractivity contribution in [2.24, 2.45) is 5.92 Å². The summed E-state index contributed by atoms with van der Waals surface area (Å²) in [5.74, 6) is -0.362. The van der Waals surface area contributed by atoms with Gasteiger partial charge in [0.15, 0.2) is 0 Å². The zero-order chi connectivity index (χ0) is 18.7. The van der Waals surface area contributed by atoms with Crippen molar-refractivity contribution >= 4 is 23.2 Å². The van der Waals surface area contributed by atoms with E-state index in [2.05, 4.69) is 5.32 Å². The molecule has 5 heteroatoms. The number of rotatable bonds is 5. The minimum atomic E-state index is -0.301. The van der Waals surface area contributed by atoms with Crippen LogP contribution in [-0.4, -0.2) is 32.5 Å². The van der Waals surface area contributed by atoms with Gasteiger partial charge in [-0.3, -0.25) is 9.59 Å². The van der Waals surface area contributed by atoms with E-state index in [4.69, 9.17) is 0 Å². The number of hydrogen-bond donors (Lipinski definition) is 1. The topological polar surface area (TPSA) is 52.7 Å². The molecule has 26 heavy (non-hydrogen) atoms. The number of nitrogens with zero attached hydrogens (tertiary/aromatic N) is 2. The zero-order valence-electron chi connectivity index (χ0n) is 15.5. The summed E-state index contributed by atoms with van der Waals surface area (Å²) in [6.45, 7) is 2.92. The van der Waals surface area contributed by atoms with Crippen molar-refractivity contribution in [2.75, 3.05) is 30.4 Å². The second-order valence-corrected chi connectivity index (χ2v) is 7.02. The van der Waals surface area contributed by atoms with Gasteiger partial charge in [0.05, 0.1) is 5.92 Å². The van der Waals surface area contributed by atoms with Crippen molar-refractivity contribution in [3.05, 3.63) is 59.7 Å². The lowest BCUT2D eigenvalue weighted by Gasteiger charge is -2.17. The molecule has 0 saturated carbocycles. The fraction of sp³-hybridized carbons (Fsp3) is 0.333. The molecule has 136 valence electrons. The molecule has 1 atom stereocenters. The monoisotopic (exact) mass is 351 g/mol. The maximum atomic E-state index is 12.5. The predicted molar refractivity (Wildman–Crippen MR) is 104 cm³/mol. The number of carbonyl (C=O) groups excluding carboxylic acids is 2. The second-order valence-electron chi connectivity index (χ2n) is 7.02. The highest BCUT2D eigenvalue weighted by Crippen LogP contribution is 2.25. The van der Waals surface area contributed by atoms with Crippen molar-refractivity contribution in [1.29, 1.82) is 0 Å². The van der Waals surface area contributed by atoms with E-state index in [-0.39, 0.29) is 24.2 Å². The van der Waals surface area contributed by atoms with Gasteiger partial charge in [0.2, 0.25) is 11.8 Å². The second kappa shape index (κ2) is 7.60. The first kappa shape index (κ1) is 18.0. The molecule has 1 fully saturated rings. The summed E-state index contributed by atoms with van der Waals surface area (Å²) in [7, 11) is 3.99. The Bertz CT molecular complexity index is 782. The van der Waals surface area contributed by atoms with Gasteiger partial charge >= 0.3 is 0 Å². The maximum absolute atomic E-state index is 12.5. The van der Waals surface area contributed by atoms with Crippen molar-refractivity contribution < 1.29 is 9.59 Å². The lowest BCUT2D eigenvalue weighted by atomic mass is 10.1. The van der Waals surface area contributed by atoms with Gasteiger partial charge in [0.1, 0.15) is 0 Å². The van der Waals surface area contributed by atoms with E-state index in [0.29, 0.717) is 13.1 Å². The predicted octanol–water partition coefficient (Wildman–Crippen LogP) is 2.73. The van der Waals surface area contributed by atoms with E-state index in [1.54, 1.807) is 4.90 Å². The van der Waals surface area contributed by atoms with Crippen LogP contribution < -0.4 is 15.1 Å². The summed E-state index contributed by atoms with van der Waals surface area (Å²) in [6.07, 6.45) is 0.263. The summed E-state index contributed by atoms with van der Waals surface area (Å²) < 4.78 is 0. The van der Waals surface area contributed by atoms with E-state index in [9.17, 15) is 9.59 Å². The van der Waals surface area contributed by atoms with Crippen molar-refractivity contribution in [3.8, 4) is 0 Å². The Hall–Kier alpha value is -2.82. The molecular weight excluding hydrogens is 326 g/mol. The molecule has 1 N–H and O–H groups in total. The van der Waals surface area contributed by atoms with Crippen LogP contribution in [0.1, 0.15) is 17.5 Å². The van der Waals surface area contributed by atoms with Gasteiger partial charge in [0.25, 0.3) is 0 Å².